The van der Waals surface area contributed by atoms with Gasteiger partial charge < -0.3 is 24.8 Å². The van der Waals surface area contributed by atoms with Crippen LogP contribution in [0.25, 0.3) is 0 Å². The van der Waals surface area contributed by atoms with E-state index in [9.17, 15) is 25.1 Å². The fourth-order valence-corrected chi connectivity index (χ4v) is 1.68. The van der Waals surface area contributed by atoms with Crippen LogP contribution in [0.2, 0.25) is 0 Å². The number of carbonyl (C=O) groups excluding carboxylic acids is 1. The number of esters is 1. The summed E-state index contributed by atoms with van der Waals surface area (Å²) in [5, 5.41) is 38.5. The Hall–Kier alpha value is -2.65. The van der Waals surface area contributed by atoms with Gasteiger partial charge in [0.2, 0.25) is 5.76 Å². The second-order valence-corrected chi connectivity index (χ2v) is 4.14. The van der Waals surface area contributed by atoms with Gasteiger partial charge in [-0.25, -0.2) is 4.79 Å². The molecule has 1 heterocycles. The minimum atomic E-state index is -1.47. The molecule has 0 aromatic heterocycles. The van der Waals surface area contributed by atoms with E-state index in [0.717, 1.165) is 0 Å². The molecular weight excluding hydrogens is 286 g/mol. The van der Waals surface area contributed by atoms with E-state index in [4.69, 9.17) is 9.84 Å². The summed E-state index contributed by atoms with van der Waals surface area (Å²) in [6, 6.07) is 4.84. The molecule has 0 aliphatic carbocycles. The molecule has 0 fully saturated rings. The number of rotatable bonds is 5. The third-order valence-electron chi connectivity index (χ3n) is 2.73. The summed E-state index contributed by atoms with van der Waals surface area (Å²) in [6.07, 6.45) is -2.82. The first-order chi connectivity index (χ1) is 9.93. The van der Waals surface area contributed by atoms with Crippen LogP contribution in [-0.4, -0.2) is 45.0 Å². The molecule has 0 amide bonds. The number of ether oxygens (including phenoxy) is 2. The molecular formula is C12H11NO8. The molecule has 3 N–H and O–H groups in total. The van der Waals surface area contributed by atoms with E-state index in [1.54, 1.807) is 0 Å². The van der Waals surface area contributed by atoms with E-state index in [0.29, 0.717) is 0 Å². The molecule has 0 saturated carbocycles. The number of hydrogen-bond donors (Lipinski definition) is 3. The number of carbonyl (C=O) groups is 1. The molecule has 0 unspecified atom stereocenters. The lowest BCUT2D eigenvalue weighted by molar-refractivity contribution is -0.384. The molecule has 0 saturated heterocycles. The van der Waals surface area contributed by atoms with E-state index in [1.807, 2.05) is 0 Å². The molecule has 0 spiro atoms. The first kappa shape index (κ1) is 14.8. The molecule has 21 heavy (non-hydrogen) atoms. The van der Waals surface area contributed by atoms with Crippen LogP contribution in [0, 0.1) is 10.1 Å². The molecule has 9 heteroatoms. The topological polar surface area (TPSA) is 139 Å². The van der Waals surface area contributed by atoms with Gasteiger partial charge in [0.25, 0.3) is 5.69 Å². The Labute approximate surface area is 117 Å². The third kappa shape index (κ3) is 2.93. The zero-order valence-corrected chi connectivity index (χ0v) is 10.5. The highest BCUT2D eigenvalue weighted by Gasteiger charge is 2.40. The Kier molecular flexibility index (Phi) is 4.05. The van der Waals surface area contributed by atoms with Crippen molar-refractivity contribution in [3.8, 4) is 5.75 Å². The van der Waals surface area contributed by atoms with E-state index in [-0.39, 0.29) is 17.2 Å². The summed E-state index contributed by atoms with van der Waals surface area (Å²) in [5.41, 5.74) is -0.161. The maximum atomic E-state index is 11.3. The van der Waals surface area contributed by atoms with Crippen LogP contribution >= 0.6 is 0 Å². The number of aliphatic hydroxyl groups is 3. The van der Waals surface area contributed by atoms with Crippen LogP contribution in [-0.2, 0) is 9.53 Å². The second-order valence-electron chi connectivity index (χ2n) is 4.14. The lowest BCUT2D eigenvalue weighted by atomic mass is 10.2. The number of nitrogens with zero attached hydrogens (tertiary/aromatic N) is 1. The Morgan fingerprint density at radius 2 is 2.00 bits per heavy atom. The van der Waals surface area contributed by atoms with Crippen LogP contribution in [0.15, 0.2) is 35.8 Å². The summed E-state index contributed by atoms with van der Waals surface area (Å²) in [4.78, 5) is 21.2. The van der Waals surface area contributed by atoms with Crippen molar-refractivity contribution in [3.63, 3.8) is 0 Å². The molecule has 2 rings (SSSR count). The molecule has 112 valence electrons. The Balaban J connectivity index is 2.23. The second kappa shape index (κ2) is 5.77. The van der Waals surface area contributed by atoms with Gasteiger partial charge in [-0.1, -0.05) is 0 Å². The maximum absolute atomic E-state index is 11.3. The quantitative estimate of drug-likeness (QED) is 0.392. The SMILES string of the molecule is O=C1O[C@H]([C@@H](O)CO)C(Oc2ccc([N+](=O)[O-])cc2)=C1O. The first-order valence-corrected chi connectivity index (χ1v) is 5.79. The number of non-ortho nitro benzene ring substituents is 1. The zero-order valence-electron chi connectivity index (χ0n) is 10.5. The van der Waals surface area contributed by atoms with Gasteiger partial charge >= 0.3 is 5.97 Å². The molecule has 1 aliphatic heterocycles. The number of hydrogen-bond acceptors (Lipinski definition) is 8. The summed E-state index contributed by atoms with van der Waals surface area (Å²) < 4.78 is 9.89. The summed E-state index contributed by atoms with van der Waals surface area (Å²) in [6.45, 7) is -0.710. The predicted molar refractivity (Wildman–Crippen MR) is 66.4 cm³/mol. The Morgan fingerprint density at radius 3 is 2.52 bits per heavy atom. The minimum Gasteiger partial charge on any atom is -0.499 e. The van der Waals surface area contributed by atoms with E-state index < -0.39 is 35.5 Å². The molecule has 0 radical (unpaired) electrons. The van der Waals surface area contributed by atoms with Crippen molar-refractivity contribution >= 4 is 11.7 Å². The van der Waals surface area contributed by atoms with Crippen LogP contribution in [0.4, 0.5) is 5.69 Å². The minimum absolute atomic E-state index is 0.0931. The number of aliphatic hydroxyl groups excluding tert-OH is 3. The average molecular weight is 297 g/mol. The van der Waals surface area contributed by atoms with E-state index in [2.05, 4.69) is 4.74 Å². The van der Waals surface area contributed by atoms with Gasteiger partial charge in [0, 0.05) is 12.1 Å². The maximum Gasteiger partial charge on any atom is 0.378 e. The van der Waals surface area contributed by atoms with Crippen LogP contribution in [0.5, 0.6) is 5.75 Å². The fraction of sp³-hybridized carbons (Fsp3) is 0.250. The highest BCUT2D eigenvalue weighted by atomic mass is 16.6. The van der Waals surface area contributed by atoms with Gasteiger partial charge in [0.15, 0.2) is 11.9 Å². The van der Waals surface area contributed by atoms with Crippen molar-refractivity contribution in [2.45, 2.75) is 12.2 Å². The van der Waals surface area contributed by atoms with E-state index in [1.165, 1.54) is 24.3 Å². The highest BCUT2D eigenvalue weighted by molar-refractivity contribution is 5.89. The molecule has 9 nitrogen and oxygen atoms in total. The lowest BCUT2D eigenvalue weighted by Crippen LogP contribution is -2.33. The Bertz CT molecular complexity index is 594. The van der Waals surface area contributed by atoms with Crippen molar-refractivity contribution in [2.24, 2.45) is 0 Å². The smallest absolute Gasteiger partial charge is 0.378 e. The van der Waals surface area contributed by atoms with Crippen molar-refractivity contribution in [1.29, 1.82) is 0 Å². The van der Waals surface area contributed by atoms with Crippen molar-refractivity contribution in [1.82, 2.24) is 0 Å². The van der Waals surface area contributed by atoms with Crippen LogP contribution < -0.4 is 4.74 Å². The molecule has 0 bridgehead atoms. The number of nitro benzene ring substituents is 1. The van der Waals surface area contributed by atoms with Gasteiger partial charge in [-0.05, 0) is 12.1 Å². The monoisotopic (exact) mass is 297 g/mol. The fourth-order valence-electron chi connectivity index (χ4n) is 1.68. The summed E-state index contributed by atoms with van der Waals surface area (Å²) >= 11 is 0. The largest absolute Gasteiger partial charge is 0.499 e. The Morgan fingerprint density at radius 1 is 1.38 bits per heavy atom. The van der Waals surface area contributed by atoms with Crippen molar-refractivity contribution < 1.29 is 34.5 Å². The third-order valence-corrected chi connectivity index (χ3v) is 2.73. The molecule has 2 atom stereocenters. The average Bonchev–Trinajstić information content (AvgIpc) is 2.75. The molecule has 1 aromatic rings. The van der Waals surface area contributed by atoms with Gasteiger partial charge in [0.1, 0.15) is 11.9 Å². The van der Waals surface area contributed by atoms with Crippen LogP contribution in [0.1, 0.15) is 0 Å². The number of benzene rings is 1. The standard InChI is InChI=1S/C12H11NO8/c14-5-8(15)10-11(9(16)12(17)21-10)20-7-3-1-6(2-4-7)13(18)19/h1-4,8,10,14-16H,5H2/t8-,10+/m0/s1. The summed E-state index contributed by atoms with van der Waals surface area (Å²) in [5.74, 6) is -2.19. The normalized spacial score (nSPS) is 19.3. The predicted octanol–water partition coefficient (Wildman–Crippen LogP) is 0.0218. The number of cyclic esters (lactones) is 1. The highest BCUT2D eigenvalue weighted by Crippen LogP contribution is 2.28. The van der Waals surface area contributed by atoms with Gasteiger partial charge in [-0.15, -0.1) is 0 Å². The van der Waals surface area contributed by atoms with E-state index >= 15 is 0 Å². The van der Waals surface area contributed by atoms with Gasteiger partial charge in [-0.2, -0.15) is 0 Å². The summed E-state index contributed by atoms with van der Waals surface area (Å²) in [7, 11) is 0. The van der Waals surface area contributed by atoms with Gasteiger partial charge in [0.05, 0.1) is 11.5 Å². The van der Waals surface area contributed by atoms with Crippen molar-refractivity contribution in [3.05, 3.63) is 45.9 Å². The zero-order chi connectivity index (χ0) is 15.6. The first-order valence-electron chi connectivity index (χ1n) is 5.79. The molecule has 1 aromatic carbocycles. The molecule has 1 aliphatic rings. The van der Waals surface area contributed by atoms with Gasteiger partial charge in [-0.3, -0.25) is 10.1 Å². The lowest BCUT2D eigenvalue weighted by Gasteiger charge is -2.18. The van der Waals surface area contributed by atoms with Crippen LogP contribution in [0.3, 0.4) is 0 Å². The number of nitro groups is 1. The van der Waals surface area contributed by atoms with Crippen molar-refractivity contribution in [2.75, 3.05) is 6.61 Å².